The molecule has 3 heterocycles. The van der Waals surface area contributed by atoms with E-state index in [1.807, 2.05) is 4.90 Å². The quantitative estimate of drug-likeness (QED) is 0.780. The molecule has 1 aliphatic rings. The van der Waals surface area contributed by atoms with Crippen molar-refractivity contribution in [1.29, 1.82) is 0 Å². The van der Waals surface area contributed by atoms with Gasteiger partial charge in [-0.3, -0.25) is 4.79 Å². The number of rotatable bonds is 1. The van der Waals surface area contributed by atoms with Gasteiger partial charge in [-0.1, -0.05) is 0 Å². The Kier molecular flexibility index (Phi) is 2.93. The standard InChI is InChI=1S/C15H19N3O/c1-12-10-14-4-3-5-18(14)15(11-12)17-8-6-16(7-9-17)13(2)19/h3-5,10-11H,6-9H2,1-2H3. The fraction of sp³-hybridized carbons (Fsp3) is 0.400. The van der Waals surface area contributed by atoms with Gasteiger partial charge in [-0.05, 0) is 36.8 Å². The van der Waals surface area contributed by atoms with Gasteiger partial charge in [-0.15, -0.1) is 0 Å². The average Bonchev–Trinajstić information content (AvgIpc) is 2.85. The van der Waals surface area contributed by atoms with Crippen LogP contribution in [0.1, 0.15) is 12.5 Å². The van der Waals surface area contributed by atoms with Crippen LogP contribution in [0.5, 0.6) is 0 Å². The van der Waals surface area contributed by atoms with Crippen LogP contribution in [0.15, 0.2) is 30.5 Å². The van der Waals surface area contributed by atoms with Crippen molar-refractivity contribution in [1.82, 2.24) is 9.30 Å². The summed E-state index contributed by atoms with van der Waals surface area (Å²) in [7, 11) is 0. The minimum atomic E-state index is 0.176. The molecule has 4 nitrogen and oxygen atoms in total. The number of hydrogen-bond acceptors (Lipinski definition) is 2. The van der Waals surface area contributed by atoms with E-state index in [0.29, 0.717) is 0 Å². The molecule has 0 bridgehead atoms. The van der Waals surface area contributed by atoms with Crippen molar-refractivity contribution in [2.24, 2.45) is 0 Å². The first kappa shape index (κ1) is 12.1. The molecule has 2 aromatic rings. The van der Waals surface area contributed by atoms with Crippen molar-refractivity contribution >= 4 is 17.2 Å². The second-order valence-electron chi connectivity index (χ2n) is 5.19. The molecule has 0 aromatic carbocycles. The molecule has 2 aromatic heterocycles. The van der Waals surface area contributed by atoms with Crippen molar-refractivity contribution in [2.75, 3.05) is 31.1 Å². The number of piperazine rings is 1. The minimum absolute atomic E-state index is 0.176. The number of carbonyl (C=O) groups excluding carboxylic acids is 1. The van der Waals surface area contributed by atoms with E-state index in [4.69, 9.17) is 0 Å². The molecule has 1 aliphatic heterocycles. The summed E-state index contributed by atoms with van der Waals surface area (Å²) in [5.41, 5.74) is 2.50. The van der Waals surface area contributed by atoms with Gasteiger partial charge in [0.15, 0.2) is 0 Å². The largest absolute Gasteiger partial charge is 0.354 e. The Morgan fingerprint density at radius 1 is 1.16 bits per heavy atom. The first-order valence-corrected chi connectivity index (χ1v) is 6.73. The summed E-state index contributed by atoms with van der Waals surface area (Å²) in [6.45, 7) is 7.19. The Morgan fingerprint density at radius 2 is 1.89 bits per heavy atom. The van der Waals surface area contributed by atoms with E-state index in [-0.39, 0.29) is 5.91 Å². The van der Waals surface area contributed by atoms with Gasteiger partial charge < -0.3 is 14.2 Å². The third-order valence-electron chi connectivity index (χ3n) is 3.81. The predicted octanol–water partition coefficient (Wildman–Crippen LogP) is 1.92. The summed E-state index contributed by atoms with van der Waals surface area (Å²) in [5, 5.41) is 0. The monoisotopic (exact) mass is 257 g/mol. The highest BCUT2D eigenvalue weighted by Gasteiger charge is 2.20. The summed E-state index contributed by atoms with van der Waals surface area (Å²) in [6, 6.07) is 8.61. The van der Waals surface area contributed by atoms with Crippen LogP contribution in [0.2, 0.25) is 0 Å². The summed E-state index contributed by atoms with van der Waals surface area (Å²) < 4.78 is 2.22. The fourth-order valence-electron chi connectivity index (χ4n) is 2.76. The van der Waals surface area contributed by atoms with Crippen molar-refractivity contribution in [2.45, 2.75) is 13.8 Å². The molecule has 0 aliphatic carbocycles. The number of fused-ring (bicyclic) bond motifs is 1. The number of amides is 1. The van der Waals surface area contributed by atoms with E-state index in [9.17, 15) is 4.79 Å². The normalized spacial score (nSPS) is 16.1. The molecule has 0 radical (unpaired) electrons. The number of anilines is 1. The molecule has 1 saturated heterocycles. The van der Waals surface area contributed by atoms with Gasteiger partial charge in [0.05, 0.1) is 0 Å². The first-order chi connectivity index (χ1) is 9.15. The van der Waals surface area contributed by atoms with E-state index >= 15 is 0 Å². The number of carbonyl (C=O) groups is 1. The summed E-state index contributed by atoms with van der Waals surface area (Å²) in [6.07, 6.45) is 2.10. The van der Waals surface area contributed by atoms with E-state index in [1.165, 1.54) is 16.9 Å². The Hall–Kier alpha value is -1.97. The predicted molar refractivity (Wildman–Crippen MR) is 76.6 cm³/mol. The molecule has 0 spiro atoms. The lowest BCUT2D eigenvalue weighted by molar-refractivity contribution is -0.129. The van der Waals surface area contributed by atoms with Crippen LogP contribution in [0.25, 0.3) is 5.52 Å². The minimum Gasteiger partial charge on any atom is -0.354 e. The maximum absolute atomic E-state index is 11.4. The summed E-state index contributed by atoms with van der Waals surface area (Å²) in [4.78, 5) is 15.6. The van der Waals surface area contributed by atoms with Crippen molar-refractivity contribution < 1.29 is 4.79 Å². The van der Waals surface area contributed by atoms with Gasteiger partial charge in [0.1, 0.15) is 5.82 Å². The molecular formula is C15H19N3O. The van der Waals surface area contributed by atoms with Gasteiger partial charge >= 0.3 is 0 Å². The summed E-state index contributed by atoms with van der Waals surface area (Å²) in [5.74, 6) is 1.40. The molecule has 0 atom stereocenters. The highest BCUT2D eigenvalue weighted by Crippen LogP contribution is 2.21. The lowest BCUT2D eigenvalue weighted by Gasteiger charge is -2.36. The van der Waals surface area contributed by atoms with Gasteiger partial charge in [-0.25, -0.2) is 0 Å². The Labute approximate surface area is 113 Å². The lowest BCUT2D eigenvalue weighted by atomic mass is 10.2. The number of aromatic nitrogens is 1. The molecule has 3 rings (SSSR count). The zero-order valence-electron chi connectivity index (χ0n) is 11.5. The molecule has 1 amide bonds. The second-order valence-corrected chi connectivity index (χ2v) is 5.19. The Morgan fingerprint density at radius 3 is 2.58 bits per heavy atom. The van der Waals surface area contributed by atoms with Gasteiger partial charge in [-0.2, -0.15) is 0 Å². The van der Waals surface area contributed by atoms with Crippen LogP contribution in [-0.2, 0) is 4.79 Å². The van der Waals surface area contributed by atoms with Gasteiger partial charge in [0, 0.05) is 44.8 Å². The molecule has 19 heavy (non-hydrogen) atoms. The SMILES string of the molecule is CC(=O)N1CCN(c2cc(C)cc3cccn23)CC1. The third-order valence-corrected chi connectivity index (χ3v) is 3.81. The molecule has 100 valence electrons. The number of nitrogens with zero attached hydrogens (tertiary/aromatic N) is 3. The smallest absolute Gasteiger partial charge is 0.219 e. The zero-order chi connectivity index (χ0) is 13.4. The fourth-order valence-corrected chi connectivity index (χ4v) is 2.76. The van der Waals surface area contributed by atoms with Gasteiger partial charge in [0.25, 0.3) is 0 Å². The van der Waals surface area contributed by atoms with Crippen molar-refractivity contribution in [3.63, 3.8) is 0 Å². The van der Waals surface area contributed by atoms with E-state index < -0.39 is 0 Å². The molecular weight excluding hydrogens is 238 g/mol. The molecule has 0 N–H and O–H groups in total. The maximum Gasteiger partial charge on any atom is 0.219 e. The van der Waals surface area contributed by atoms with Crippen molar-refractivity contribution in [3.8, 4) is 0 Å². The zero-order valence-corrected chi connectivity index (χ0v) is 11.5. The van der Waals surface area contributed by atoms with Gasteiger partial charge in [0.2, 0.25) is 5.91 Å². The van der Waals surface area contributed by atoms with E-state index in [1.54, 1.807) is 6.92 Å². The molecule has 1 fully saturated rings. The first-order valence-electron chi connectivity index (χ1n) is 6.73. The lowest BCUT2D eigenvalue weighted by Crippen LogP contribution is -2.48. The Balaban J connectivity index is 1.89. The van der Waals surface area contributed by atoms with Crippen LogP contribution in [0.4, 0.5) is 5.82 Å². The second kappa shape index (κ2) is 4.61. The topological polar surface area (TPSA) is 28.0 Å². The highest BCUT2D eigenvalue weighted by molar-refractivity contribution is 5.73. The highest BCUT2D eigenvalue weighted by atomic mass is 16.2. The maximum atomic E-state index is 11.4. The third kappa shape index (κ3) is 2.18. The van der Waals surface area contributed by atoms with Crippen LogP contribution in [-0.4, -0.2) is 41.4 Å². The molecule has 0 unspecified atom stereocenters. The summed E-state index contributed by atoms with van der Waals surface area (Å²) >= 11 is 0. The van der Waals surface area contributed by atoms with Crippen LogP contribution in [0.3, 0.4) is 0 Å². The van der Waals surface area contributed by atoms with Crippen LogP contribution in [0, 0.1) is 6.92 Å². The number of pyridine rings is 1. The van der Waals surface area contributed by atoms with Crippen LogP contribution >= 0.6 is 0 Å². The number of hydrogen-bond donors (Lipinski definition) is 0. The Bertz CT molecular complexity index is 609. The van der Waals surface area contributed by atoms with Crippen molar-refractivity contribution in [3.05, 3.63) is 36.0 Å². The van der Waals surface area contributed by atoms with E-state index in [2.05, 4.69) is 46.7 Å². The molecule has 4 heteroatoms. The van der Waals surface area contributed by atoms with Crippen LogP contribution < -0.4 is 4.90 Å². The average molecular weight is 257 g/mol. The van der Waals surface area contributed by atoms with E-state index in [0.717, 1.165) is 26.2 Å². The molecule has 0 saturated carbocycles. The number of aryl methyl sites for hydroxylation is 1.